The van der Waals surface area contributed by atoms with Crippen molar-refractivity contribution in [3.63, 3.8) is 0 Å². The summed E-state index contributed by atoms with van der Waals surface area (Å²) in [5, 5.41) is 13.4. The Morgan fingerprint density at radius 2 is 1.87 bits per heavy atom. The summed E-state index contributed by atoms with van der Waals surface area (Å²) >= 11 is 0. The Morgan fingerprint density at radius 1 is 1.17 bits per heavy atom. The number of rotatable bonds is 4. The average Bonchev–Trinajstić information content (AvgIpc) is 3.19. The number of anilines is 1. The van der Waals surface area contributed by atoms with Crippen molar-refractivity contribution in [1.29, 1.82) is 5.26 Å². The molecule has 6 heteroatoms. The number of aryl methyl sites for hydroxylation is 1. The lowest BCUT2D eigenvalue weighted by Crippen LogP contribution is -2.25. The fraction of sp³-hybridized carbons (Fsp3) is 0.250. The summed E-state index contributed by atoms with van der Waals surface area (Å²) in [7, 11) is 1.99. The van der Waals surface area contributed by atoms with E-state index in [1.54, 1.807) is 29.8 Å². The van der Waals surface area contributed by atoms with Crippen molar-refractivity contribution in [2.24, 2.45) is 0 Å². The smallest absolute Gasteiger partial charge is 0.178 e. The molecule has 3 aromatic rings. The molecule has 1 aliphatic heterocycles. The second-order valence-corrected chi connectivity index (χ2v) is 8.03. The van der Waals surface area contributed by atoms with Crippen molar-refractivity contribution >= 4 is 11.5 Å². The number of hydrogen-bond donors (Lipinski definition) is 0. The van der Waals surface area contributed by atoms with Crippen LogP contribution in [-0.4, -0.2) is 27.6 Å². The highest BCUT2D eigenvalue weighted by Crippen LogP contribution is 2.46. The summed E-state index contributed by atoms with van der Waals surface area (Å²) in [5.41, 5.74) is 4.44. The van der Waals surface area contributed by atoms with Crippen LogP contribution in [-0.2, 0) is 16.8 Å². The van der Waals surface area contributed by atoms with E-state index in [-0.39, 0.29) is 17.7 Å². The van der Waals surface area contributed by atoms with Gasteiger partial charge in [0.25, 0.3) is 0 Å². The lowest BCUT2D eigenvalue weighted by atomic mass is 9.83. The van der Waals surface area contributed by atoms with E-state index in [4.69, 9.17) is 5.26 Å². The predicted octanol–water partition coefficient (Wildman–Crippen LogP) is 4.01. The number of benzene rings is 2. The molecule has 0 atom stereocenters. The Morgan fingerprint density at radius 3 is 2.53 bits per heavy atom. The van der Waals surface area contributed by atoms with Gasteiger partial charge in [0.1, 0.15) is 12.4 Å². The molecule has 2 aromatic carbocycles. The second kappa shape index (κ2) is 7.27. The summed E-state index contributed by atoms with van der Waals surface area (Å²) < 4.78 is 1.63. The molecule has 0 N–H and O–H groups in total. The molecule has 1 aliphatic rings. The van der Waals surface area contributed by atoms with Crippen molar-refractivity contribution in [1.82, 2.24) is 14.8 Å². The first kappa shape index (κ1) is 19.6. The SMILES string of the molecule is Cc1nc(-c2ccc(C#N)cc2)n(CC(=O)/C=C2\N(C)c3ccccc3C2(C)C)n1. The van der Waals surface area contributed by atoms with Crippen LogP contribution in [0.3, 0.4) is 0 Å². The average molecular weight is 397 g/mol. The Kier molecular flexibility index (Phi) is 4.75. The van der Waals surface area contributed by atoms with Gasteiger partial charge in [0, 0.05) is 35.5 Å². The van der Waals surface area contributed by atoms with E-state index in [0.717, 1.165) is 16.9 Å². The fourth-order valence-corrected chi connectivity index (χ4v) is 4.08. The van der Waals surface area contributed by atoms with E-state index >= 15 is 0 Å². The highest BCUT2D eigenvalue weighted by molar-refractivity contribution is 5.92. The van der Waals surface area contributed by atoms with Crippen molar-refractivity contribution < 1.29 is 4.79 Å². The zero-order valence-corrected chi connectivity index (χ0v) is 17.5. The minimum absolute atomic E-state index is 0.0440. The molecule has 0 radical (unpaired) electrons. The summed E-state index contributed by atoms with van der Waals surface area (Å²) in [4.78, 5) is 19.6. The molecule has 0 saturated carbocycles. The largest absolute Gasteiger partial charge is 0.347 e. The van der Waals surface area contributed by atoms with Crippen LogP contribution < -0.4 is 4.90 Å². The molecular weight excluding hydrogens is 374 g/mol. The fourth-order valence-electron chi connectivity index (χ4n) is 4.08. The van der Waals surface area contributed by atoms with Crippen molar-refractivity contribution in [3.05, 3.63) is 77.3 Å². The van der Waals surface area contributed by atoms with Crippen LogP contribution in [0.5, 0.6) is 0 Å². The van der Waals surface area contributed by atoms with Gasteiger partial charge in [-0.2, -0.15) is 10.4 Å². The van der Waals surface area contributed by atoms with Crippen LogP contribution in [0.4, 0.5) is 5.69 Å². The van der Waals surface area contributed by atoms with Gasteiger partial charge < -0.3 is 4.90 Å². The monoisotopic (exact) mass is 397 g/mol. The zero-order valence-electron chi connectivity index (χ0n) is 17.5. The molecule has 30 heavy (non-hydrogen) atoms. The molecule has 150 valence electrons. The van der Waals surface area contributed by atoms with Crippen LogP contribution >= 0.6 is 0 Å². The highest BCUT2D eigenvalue weighted by Gasteiger charge is 2.38. The van der Waals surface area contributed by atoms with Crippen LogP contribution in [0, 0.1) is 18.3 Å². The molecule has 4 rings (SSSR count). The number of aromatic nitrogens is 3. The van der Waals surface area contributed by atoms with Gasteiger partial charge >= 0.3 is 0 Å². The highest BCUT2D eigenvalue weighted by atomic mass is 16.1. The Balaban J connectivity index is 1.63. The molecule has 0 bridgehead atoms. The predicted molar refractivity (Wildman–Crippen MR) is 116 cm³/mol. The number of hydrogen-bond acceptors (Lipinski definition) is 5. The van der Waals surface area contributed by atoms with E-state index in [1.165, 1.54) is 5.56 Å². The maximum absolute atomic E-state index is 13.0. The number of allylic oxidation sites excluding steroid dienone is 2. The number of carbonyl (C=O) groups excluding carboxylic acids is 1. The number of nitriles is 1. The first-order chi connectivity index (χ1) is 14.3. The van der Waals surface area contributed by atoms with Crippen LogP contribution in [0.15, 0.2) is 60.3 Å². The molecule has 1 aromatic heterocycles. The van der Waals surface area contributed by atoms with Crippen molar-refractivity contribution in [3.8, 4) is 17.5 Å². The van der Waals surface area contributed by atoms with E-state index in [1.807, 2.05) is 31.3 Å². The van der Waals surface area contributed by atoms with E-state index in [9.17, 15) is 4.79 Å². The topological polar surface area (TPSA) is 74.8 Å². The number of para-hydroxylation sites is 1. The van der Waals surface area contributed by atoms with Crippen LogP contribution in [0.25, 0.3) is 11.4 Å². The van der Waals surface area contributed by atoms with Crippen molar-refractivity contribution in [2.45, 2.75) is 32.7 Å². The van der Waals surface area contributed by atoms with Crippen LogP contribution in [0.2, 0.25) is 0 Å². The number of likely N-dealkylation sites (N-methyl/N-ethyl adjacent to an activating group) is 1. The third-order valence-electron chi connectivity index (χ3n) is 5.59. The van der Waals surface area contributed by atoms with Crippen LogP contribution in [0.1, 0.15) is 30.8 Å². The van der Waals surface area contributed by atoms with Gasteiger partial charge in [0.05, 0.1) is 11.6 Å². The van der Waals surface area contributed by atoms with Gasteiger partial charge in [0.15, 0.2) is 11.6 Å². The number of carbonyl (C=O) groups is 1. The minimum Gasteiger partial charge on any atom is -0.347 e. The summed E-state index contributed by atoms with van der Waals surface area (Å²) in [6.45, 7) is 6.17. The number of fused-ring (bicyclic) bond motifs is 1. The van der Waals surface area contributed by atoms with E-state index < -0.39 is 0 Å². The second-order valence-electron chi connectivity index (χ2n) is 8.03. The minimum atomic E-state index is -0.255. The summed E-state index contributed by atoms with van der Waals surface area (Å²) in [6.07, 6.45) is 1.72. The maximum Gasteiger partial charge on any atom is 0.178 e. The number of nitrogens with zero attached hydrogens (tertiary/aromatic N) is 5. The molecule has 2 heterocycles. The Labute approximate surface area is 176 Å². The molecular formula is C24H23N5O. The molecule has 0 spiro atoms. The van der Waals surface area contributed by atoms with E-state index in [0.29, 0.717) is 17.2 Å². The number of ketones is 1. The maximum atomic E-state index is 13.0. The zero-order chi connectivity index (χ0) is 21.5. The molecule has 0 fully saturated rings. The first-order valence-electron chi connectivity index (χ1n) is 9.81. The molecule has 0 unspecified atom stereocenters. The lowest BCUT2D eigenvalue weighted by Gasteiger charge is -2.24. The molecule has 0 saturated heterocycles. The third kappa shape index (κ3) is 3.29. The quantitative estimate of drug-likeness (QED) is 0.622. The Hall–Kier alpha value is -3.72. The normalized spacial score (nSPS) is 15.8. The lowest BCUT2D eigenvalue weighted by molar-refractivity contribution is -0.115. The standard InChI is InChI=1S/C24H23N5O/c1-16-26-23(18-11-9-17(14-25)10-12-18)29(27-16)15-19(30)13-22-24(2,3)20-7-5-6-8-21(20)28(22)4/h5-13H,15H2,1-4H3/b22-13-. The molecule has 0 amide bonds. The van der Waals surface area contributed by atoms with Gasteiger partial charge in [-0.3, -0.25) is 4.79 Å². The van der Waals surface area contributed by atoms with Gasteiger partial charge in [-0.25, -0.2) is 9.67 Å². The van der Waals surface area contributed by atoms with Gasteiger partial charge in [-0.15, -0.1) is 0 Å². The first-order valence-corrected chi connectivity index (χ1v) is 9.81. The molecule has 0 aliphatic carbocycles. The van der Waals surface area contributed by atoms with Gasteiger partial charge in [0.2, 0.25) is 0 Å². The van der Waals surface area contributed by atoms with Gasteiger partial charge in [-0.1, -0.05) is 32.0 Å². The third-order valence-corrected chi connectivity index (χ3v) is 5.59. The van der Waals surface area contributed by atoms with E-state index in [2.05, 4.69) is 47.0 Å². The van der Waals surface area contributed by atoms with Gasteiger partial charge in [-0.05, 0) is 42.8 Å². The molecule has 6 nitrogen and oxygen atoms in total. The summed E-state index contributed by atoms with van der Waals surface area (Å²) in [5.74, 6) is 1.17. The van der Waals surface area contributed by atoms with Crippen molar-refractivity contribution in [2.75, 3.05) is 11.9 Å². The summed E-state index contributed by atoms with van der Waals surface area (Å²) in [6, 6.07) is 17.5. The Bertz CT molecular complexity index is 1200.